The lowest BCUT2D eigenvalue weighted by Crippen LogP contribution is -2.07. The number of ether oxygens (including phenoxy) is 1. The molecule has 0 aliphatic heterocycles. The van der Waals surface area contributed by atoms with Crippen molar-refractivity contribution in [2.45, 2.75) is 6.92 Å². The molecule has 0 aliphatic rings. The molecule has 0 unspecified atom stereocenters. The van der Waals surface area contributed by atoms with Gasteiger partial charge in [-0.1, -0.05) is 12.1 Å². The average Bonchev–Trinajstić information content (AvgIpc) is 2.42. The highest BCUT2D eigenvalue weighted by atomic mass is 19.1. The molecule has 0 aliphatic carbocycles. The summed E-state index contributed by atoms with van der Waals surface area (Å²) in [4.78, 5) is 19.2. The topological polar surface area (TPSA) is 64.1 Å². The number of nitrogens with zero attached hydrogens (tertiary/aromatic N) is 2. The molecule has 6 heteroatoms. The SMILES string of the molecule is COC(=O)c1cncc(Nc2c(C)cccc2F)n1. The van der Waals surface area contributed by atoms with Crippen LogP contribution in [-0.2, 0) is 4.74 Å². The van der Waals surface area contributed by atoms with Crippen LogP contribution >= 0.6 is 0 Å². The molecule has 0 amide bonds. The number of aryl methyl sites for hydroxylation is 1. The fourth-order valence-electron chi connectivity index (χ4n) is 1.55. The minimum absolute atomic E-state index is 0.0569. The second-order valence-electron chi connectivity index (χ2n) is 3.84. The predicted molar refractivity (Wildman–Crippen MR) is 67.8 cm³/mol. The largest absolute Gasteiger partial charge is 0.464 e. The lowest BCUT2D eigenvalue weighted by molar-refractivity contribution is 0.0593. The first-order valence-electron chi connectivity index (χ1n) is 5.54. The van der Waals surface area contributed by atoms with Crippen LogP contribution in [0.15, 0.2) is 30.6 Å². The van der Waals surface area contributed by atoms with Crippen molar-refractivity contribution in [2.75, 3.05) is 12.4 Å². The molecule has 1 aromatic heterocycles. The Balaban J connectivity index is 2.31. The van der Waals surface area contributed by atoms with Gasteiger partial charge in [-0.2, -0.15) is 0 Å². The fraction of sp³-hybridized carbons (Fsp3) is 0.154. The van der Waals surface area contributed by atoms with Crippen molar-refractivity contribution >= 4 is 17.5 Å². The Morgan fingerprint density at radius 3 is 2.84 bits per heavy atom. The van der Waals surface area contributed by atoms with Gasteiger partial charge in [-0.05, 0) is 18.6 Å². The van der Waals surface area contributed by atoms with Crippen LogP contribution in [0.5, 0.6) is 0 Å². The third kappa shape index (κ3) is 2.85. The quantitative estimate of drug-likeness (QED) is 0.860. The van der Waals surface area contributed by atoms with E-state index in [1.54, 1.807) is 19.1 Å². The molecule has 2 aromatic rings. The molecule has 1 heterocycles. The molecule has 19 heavy (non-hydrogen) atoms. The number of benzene rings is 1. The summed E-state index contributed by atoms with van der Waals surface area (Å²) < 4.78 is 18.2. The van der Waals surface area contributed by atoms with Gasteiger partial charge in [-0.3, -0.25) is 4.98 Å². The van der Waals surface area contributed by atoms with E-state index in [0.717, 1.165) is 5.56 Å². The number of halogens is 1. The monoisotopic (exact) mass is 261 g/mol. The number of carbonyl (C=O) groups is 1. The number of para-hydroxylation sites is 1. The van der Waals surface area contributed by atoms with E-state index in [1.807, 2.05) is 0 Å². The maximum Gasteiger partial charge on any atom is 0.358 e. The Morgan fingerprint density at radius 1 is 1.37 bits per heavy atom. The first-order chi connectivity index (χ1) is 9.11. The van der Waals surface area contributed by atoms with E-state index in [9.17, 15) is 9.18 Å². The number of nitrogens with one attached hydrogen (secondary N) is 1. The van der Waals surface area contributed by atoms with E-state index in [0.29, 0.717) is 5.69 Å². The van der Waals surface area contributed by atoms with Gasteiger partial charge in [0.15, 0.2) is 5.69 Å². The second-order valence-corrected chi connectivity index (χ2v) is 3.84. The molecule has 0 bridgehead atoms. The van der Waals surface area contributed by atoms with E-state index in [1.165, 1.54) is 25.6 Å². The summed E-state index contributed by atoms with van der Waals surface area (Å²) in [5.74, 6) is -0.720. The molecule has 0 saturated heterocycles. The smallest absolute Gasteiger partial charge is 0.358 e. The van der Waals surface area contributed by atoms with Gasteiger partial charge in [0.25, 0.3) is 0 Å². The van der Waals surface area contributed by atoms with Crippen LogP contribution in [0, 0.1) is 12.7 Å². The van der Waals surface area contributed by atoms with Crippen LogP contribution < -0.4 is 5.32 Å². The maximum absolute atomic E-state index is 13.7. The molecule has 2 rings (SSSR count). The van der Waals surface area contributed by atoms with Crippen molar-refractivity contribution in [1.82, 2.24) is 9.97 Å². The van der Waals surface area contributed by atoms with Crippen LogP contribution in [0.3, 0.4) is 0 Å². The van der Waals surface area contributed by atoms with Gasteiger partial charge in [0.05, 0.1) is 25.2 Å². The van der Waals surface area contributed by atoms with Crippen molar-refractivity contribution in [1.29, 1.82) is 0 Å². The predicted octanol–water partition coefficient (Wildman–Crippen LogP) is 2.45. The van der Waals surface area contributed by atoms with Crippen molar-refractivity contribution in [3.05, 3.63) is 47.7 Å². The first kappa shape index (κ1) is 12.9. The van der Waals surface area contributed by atoms with Crippen LogP contribution in [0.1, 0.15) is 16.1 Å². The van der Waals surface area contributed by atoms with Crippen LogP contribution in [0.2, 0.25) is 0 Å². The summed E-state index contributed by atoms with van der Waals surface area (Å²) in [5.41, 5.74) is 1.09. The van der Waals surface area contributed by atoms with Crippen LogP contribution in [0.4, 0.5) is 15.9 Å². The molecular weight excluding hydrogens is 249 g/mol. The maximum atomic E-state index is 13.7. The Bertz CT molecular complexity index is 596. The van der Waals surface area contributed by atoms with E-state index < -0.39 is 11.8 Å². The lowest BCUT2D eigenvalue weighted by Gasteiger charge is -2.09. The van der Waals surface area contributed by atoms with Gasteiger partial charge in [0.1, 0.15) is 11.6 Å². The third-order valence-corrected chi connectivity index (χ3v) is 2.50. The van der Waals surface area contributed by atoms with Gasteiger partial charge in [0, 0.05) is 0 Å². The number of esters is 1. The Kier molecular flexibility index (Phi) is 3.70. The molecule has 98 valence electrons. The zero-order valence-corrected chi connectivity index (χ0v) is 10.5. The molecule has 5 nitrogen and oxygen atoms in total. The van der Waals surface area contributed by atoms with Gasteiger partial charge in [-0.25, -0.2) is 14.2 Å². The molecule has 1 N–H and O–H groups in total. The summed E-state index contributed by atoms with van der Waals surface area (Å²) >= 11 is 0. The summed E-state index contributed by atoms with van der Waals surface area (Å²) in [6, 6.07) is 4.72. The lowest BCUT2D eigenvalue weighted by atomic mass is 10.2. The summed E-state index contributed by atoms with van der Waals surface area (Å²) in [7, 11) is 1.26. The van der Waals surface area contributed by atoms with E-state index >= 15 is 0 Å². The highest BCUT2D eigenvalue weighted by molar-refractivity contribution is 5.87. The fourth-order valence-corrected chi connectivity index (χ4v) is 1.55. The number of anilines is 2. The van der Waals surface area contributed by atoms with Gasteiger partial charge >= 0.3 is 5.97 Å². The zero-order valence-electron chi connectivity index (χ0n) is 10.5. The summed E-state index contributed by atoms with van der Waals surface area (Å²) in [5, 5.41) is 2.80. The number of carbonyl (C=O) groups excluding carboxylic acids is 1. The number of hydrogen-bond donors (Lipinski definition) is 1. The summed E-state index contributed by atoms with van der Waals surface area (Å²) in [6.07, 6.45) is 2.68. The molecule has 0 radical (unpaired) electrons. The zero-order chi connectivity index (χ0) is 13.8. The molecule has 0 atom stereocenters. The minimum atomic E-state index is -0.596. The highest BCUT2D eigenvalue weighted by Crippen LogP contribution is 2.22. The minimum Gasteiger partial charge on any atom is -0.464 e. The molecule has 0 fully saturated rings. The van der Waals surface area contributed by atoms with Crippen LogP contribution in [-0.4, -0.2) is 23.0 Å². The standard InChI is InChI=1S/C13H12FN3O2/c1-8-4-3-5-9(14)12(8)17-11-7-15-6-10(16-11)13(18)19-2/h3-7H,1-2H3,(H,16,17). The van der Waals surface area contributed by atoms with Crippen molar-refractivity contribution in [2.24, 2.45) is 0 Å². The Hall–Kier alpha value is -2.50. The van der Waals surface area contributed by atoms with Gasteiger partial charge in [0.2, 0.25) is 0 Å². The highest BCUT2D eigenvalue weighted by Gasteiger charge is 2.10. The van der Waals surface area contributed by atoms with Crippen LogP contribution in [0.25, 0.3) is 0 Å². The average molecular weight is 261 g/mol. The van der Waals surface area contributed by atoms with E-state index in [4.69, 9.17) is 0 Å². The molecule has 0 saturated carbocycles. The number of aromatic nitrogens is 2. The Morgan fingerprint density at radius 2 is 2.16 bits per heavy atom. The number of methoxy groups -OCH3 is 1. The molecular formula is C13H12FN3O2. The van der Waals surface area contributed by atoms with Gasteiger partial charge in [-0.15, -0.1) is 0 Å². The first-order valence-corrected chi connectivity index (χ1v) is 5.54. The summed E-state index contributed by atoms with van der Waals surface area (Å²) in [6.45, 7) is 1.77. The Labute approximate surface area is 109 Å². The van der Waals surface area contributed by atoms with Gasteiger partial charge < -0.3 is 10.1 Å². The van der Waals surface area contributed by atoms with Crippen molar-refractivity contribution < 1.29 is 13.9 Å². The van der Waals surface area contributed by atoms with E-state index in [2.05, 4.69) is 20.0 Å². The molecule has 1 aromatic carbocycles. The normalized spacial score (nSPS) is 10.1. The number of rotatable bonds is 3. The number of hydrogen-bond acceptors (Lipinski definition) is 5. The van der Waals surface area contributed by atoms with Crippen molar-refractivity contribution in [3.8, 4) is 0 Å². The molecule has 0 spiro atoms. The second kappa shape index (κ2) is 5.43. The van der Waals surface area contributed by atoms with Crippen molar-refractivity contribution in [3.63, 3.8) is 0 Å². The third-order valence-electron chi connectivity index (χ3n) is 2.50. The van der Waals surface area contributed by atoms with E-state index in [-0.39, 0.29) is 11.5 Å².